The summed E-state index contributed by atoms with van der Waals surface area (Å²) >= 11 is 1.21. The quantitative estimate of drug-likeness (QED) is 0.544. The first kappa shape index (κ1) is 20.5. The summed E-state index contributed by atoms with van der Waals surface area (Å²) in [4.78, 5) is 26.9. The van der Waals surface area contributed by atoms with Gasteiger partial charge < -0.3 is 25.2 Å². The van der Waals surface area contributed by atoms with E-state index in [0.29, 0.717) is 46.1 Å². The van der Waals surface area contributed by atoms with Crippen molar-refractivity contribution in [2.24, 2.45) is 28.9 Å². The van der Waals surface area contributed by atoms with E-state index >= 15 is 4.39 Å². The molecule has 4 heterocycles. The first-order valence-corrected chi connectivity index (χ1v) is 12.6. The van der Waals surface area contributed by atoms with Crippen molar-refractivity contribution in [1.82, 2.24) is 4.40 Å². The summed E-state index contributed by atoms with van der Waals surface area (Å²) in [5.74, 6) is 1.09. The third-order valence-corrected chi connectivity index (χ3v) is 9.89. The third kappa shape index (κ3) is 2.50. The lowest BCUT2D eigenvalue weighted by Crippen LogP contribution is -2.51. The molecule has 0 radical (unpaired) electrons. The number of anilines is 1. The maximum absolute atomic E-state index is 15.8. The summed E-state index contributed by atoms with van der Waals surface area (Å²) in [5, 5.41) is 11.0. The largest absolute Gasteiger partial charge is 0.511 e. The number of hydrogen-bond acceptors (Lipinski definition) is 7. The molecule has 2 aromatic heterocycles. The lowest BCUT2D eigenvalue weighted by atomic mass is 9.51. The van der Waals surface area contributed by atoms with Crippen LogP contribution in [0.2, 0.25) is 0 Å². The summed E-state index contributed by atoms with van der Waals surface area (Å²) in [5.41, 5.74) is 7.40. The molecule has 5 aliphatic rings. The van der Waals surface area contributed by atoms with Gasteiger partial charge in [-0.15, -0.1) is 11.3 Å². The molecule has 3 N–H and O–H groups in total. The van der Waals surface area contributed by atoms with Crippen molar-refractivity contribution in [2.45, 2.75) is 32.3 Å². The highest BCUT2D eigenvalue weighted by Crippen LogP contribution is 2.59. The monoisotopic (exact) mass is 485 g/mol. The van der Waals surface area contributed by atoms with Crippen molar-refractivity contribution in [3.8, 4) is 11.5 Å². The van der Waals surface area contributed by atoms with E-state index < -0.39 is 17.4 Å². The molecule has 3 saturated carbocycles. The van der Waals surface area contributed by atoms with Crippen LogP contribution < -0.4 is 25.5 Å². The van der Waals surface area contributed by atoms with E-state index in [2.05, 4.69) is 4.90 Å². The molecular weight excluding hydrogens is 461 g/mol. The zero-order chi connectivity index (χ0) is 23.4. The van der Waals surface area contributed by atoms with Crippen LogP contribution in [0, 0.1) is 29.0 Å². The van der Waals surface area contributed by atoms with Gasteiger partial charge in [0.15, 0.2) is 11.6 Å². The van der Waals surface area contributed by atoms with E-state index in [1.54, 1.807) is 4.40 Å². The maximum Gasteiger partial charge on any atom is 0.511 e. The zero-order valence-corrected chi connectivity index (χ0v) is 19.2. The molecule has 178 valence electrons. The molecule has 4 fully saturated rings. The van der Waals surface area contributed by atoms with Gasteiger partial charge in [-0.2, -0.15) is 0 Å². The highest BCUT2D eigenvalue weighted by atomic mass is 32.1. The highest BCUT2D eigenvalue weighted by Gasteiger charge is 2.56. The number of benzene rings is 1. The number of carboxylic acid groups (broad SMARTS) is 1. The van der Waals surface area contributed by atoms with Gasteiger partial charge in [0.1, 0.15) is 22.6 Å². The minimum Gasteiger partial charge on any atom is -0.483 e. The van der Waals surface area contributed by atoms with Gasteiger partial charge in [0.2, 0.25) is 11.2 Å². The predicted octanol–water partition coefficient (Wildman–Crippen LogP) is 3.80. The fraction of sp³-hybridized carbons (Fsp3) is 0.500. The molecular formula is C24H24FN3O5S. The number of thiazole rings is 1. The van der Waals surface area contributed by atoms with Crippen LogP contribution in [0.1, 0.15) is 31.4 Å². The van der Waals surface area contributed by atoms with Gasteiger partial charge in [0, 0.05) is 18.5 Å². The molecule has 3 aliphatic carbocycles. The maximum atomic E-state index is 15.8. The number of nitrogens with zero attached hydrogens (tertiary/aromatic N) is 2. The standard InChI is InChI=1S/C24H24FN3O5S/c25-16-5-13-17-20(32-8-12-9-34-22(28(12)17)21(19(13)29)33-23(30)31)18(16)27-6-14-11-1-3-24(10-26,4-2-11)15(14)7-27/h5,9,11,14-15H,1-4,6-8,10,26H2,(H,30,31). The van der Waals surface area contributed by atoms with Crippen LogP contribution in [0.5, 0.6) is 11.5 Å². The Kier molecular flexibility index (Phi) is 4.13. The molecule has 2 aliphatic heterocycles. The lowest BCUT2D eigenvalue weighted by Gasteiger charge is -2.53. The van der Waals surface area contributed by atoms with Crippen LogP contribution >= 0.6 is 11.3 Å². The van der Waals surface area contributed by atoms with Gasteiger partial charge >= 0.3 is 6.16 Å². The SMILES string of the molecule is NCC12CCC(CC1)C1CN(c3c(F)cc4c(=O)c(OC(=O)O)c5scc6n5c4c3OC6)CC12. The van der Waals surface area contributed by atoms with Crippen molar-refractivity contribution < 1.29 is 23.8 Å². The fourth-order valence-corrected chi connectivity index (χ4v) is 8.32. The Balaban J connectivity index is 1.43. The highest BCUT2D eigenvalue weighted by molar-refractivity contribution is 7.16. The van der Waals surface area contributed by atoms with E-state index in [1.165, 1.54) is 30.2 Å². The molecule has 8 nitrogen and oxygen atoms in total. The second kappa shape index (κ2) is 6.85. The Morgan fingerprint density at radius 2 is 2.15 bits per heavy atom. The minimum absolute atomic E-state index is 0.0551. The van der Waals surface area contributed by atoms with Crippen molar-refractivity contribution in [3.05, 3.63) is 33.2 Å². The molecule has 3 aromatic rings. The van der Waals surface area contributed by atoms with Crippen LogP contribution in [0.4, 0.5) is 14.9 Å². The van der Waals surface area contributed by atoms with E-state index in [9.17, 15) is 9.59 Å². The van der Waals surface area contributed by atoms with Crippen LogP contribution in [0.3, 0.4) is 0 Å². The zero-order valence-electron chi connectivity index (χ0n) is 18.4. The molecule has 1 saturated heterocycles. The molecule has 2 atom stereocenters. The number of aromatic nitrogens is 1. The normalized spacial score (nSPS) is 29.1. The topological polar surface area (TPSA) is 106 Å². The van der Waals surface area contributed by atoms with Crippen LogP contribution in [-0.2, 0) is 6.61 Å². The van der Waals surface area contributed by atoms with E-state index in [1.807, 2.05) is 5.38 Å². The lowest BCUT2D eigenvalue weighted by molar-refractivity contribution is -0.0266. The van der Waals surface area contributed by atoms with E-state index in [-0.39, 0.29) is 23.2 Å². The Labute approximate surface area is 197 Å². The Bertz CT molecular complexity index is 1440. The Hall–Kier alpha value is -2.85. The minimum atomic E-state index is -1.58. The summed E-state index contributed by atoms with van der Waals surface area (Å²) < 4.78 is 28.5. The van der Waals surface area contributed by atoms with Crippen molar-refractivity contribution in [1.29, 1.82) is 0 Å². The summed E-state index contributed by atoms with van der Waals surface area (Å²) in [6, 6.07) is 1.21. The van der Waals surface area contributed by atoms with Crippen LogP contribution in [0.15, 0.2) is 16.2 Å². The number of carbonyl (C=O) groups is 1. The smallest absolute Gasteiger partial charge is 0.483 e. The second-order valence-electron chi connectivity index (χ2n) is 10.2. The number of rotatable bonds is 3. The van der Waals surface area contributed by atoms with Crippen molar-refractivity contribution >= 4 is 38.9 Å². The molecule has 8 rings (SSSR count). The van der Waals surface area contributed by atoms with E-state index in [4.69, 9.17) is 20.3 Å². The summed E-state index contributed by atoms with van der Waals surface area (Å²) in [6.45, 7) is 2.35. The van der Waals surface area contributed by atoms with Crippen LogP contribution in [-0.4, -0.2) is 35.3 Å². The van der Waals surface area contributed by atoms with Gasteiger partial charge in [0.05, 0.1) is 11.1 Å². The Morgan fingerprint density at radius 1 is 1.35 bits per heavy atom. The van der Waals surface area contributed by atoms with Gasteiger partial charge in [-0.3, -0.25) is 9.20 Å². The molecule has 2 bridgehead atoms. The molecule has 34 heavy (non-hydrogen) atoms. The molecule has 2 unspecified atom stereocenters. The number of pyridine rings is 1. The Morgan fingerprint density at radius 3 is 2.88 bits per heavy atom. The number of fused-ring (bicyclic) bond motifs is 2. The average molecular weight is 486 g/mol. The molecule has 0 amide bonds. The predicted molar refractivity (Wildman–Crippen MR) is 125 cm³/mol. The van der Waals surface area contributed by atoms with Crippen molar-refractivity contribution in [2.75, 3.05) is 24.5 Å². The first-order valence-electron chi connectivity index (χ1n) is 11.7. The number of ether oxygens (including phenoxy) is 2. The molecule has 10 heteroatoms. The summed E-state index contributed by atoms with van der Waals surface area (Å²) in [7, 11) is 0. The van der Waals surface area contributed by atoms with Gasteiger partial charge in [-0.05, 0) is 61.5 Å². The molecule has 1 aromatic carbocycles. The average Bonchev–Trinajstić information content (AvgIpc) is 3.47. The molecule has 0 spiro atoms. The number of nitrogens with two attached hydrogens (primary N) is 1. The first-order chi connectivity index (χ1) is 16.4. The summed E-state index contributed by atoms with van der Waals surface area (Å²) in [6.07, 6.45) is 3.09. The van der Waals surface area contributed by atoms with Gasteiger partial charge in [-0.25, -0.2) is 9.18 Å². The van der Waals surface area contributed by atoms with Crippen molar-refractivity contribution in [3.63, 3.8) is 0 Å². The third-order valence-electron chi connectivity index (χ3n) is 8.91. The van der Waals surface area contributed by atoms with Gasteiger partial charge in [-0.1, -0.05) is 0 Å². The fourth-order valence-electron chi connectivity index (χ4n) is 7.34. The van der Waals surface area contributed by atoms with Gasteiger partial charge in [0.25, 0.3) is 0 Å². The van der Waals surface area contributed by atoms with E-state index in [0.717, 1.165) is 31.6 Å². The van der Waals surface area contributed by atoms with Crippen LogP contribution in [0.25, 0.3) is 15.7 Å². The number of hydrogen-bond donors (Lipinski definition) is 2. The second-order valence-corrected chi connectivity index (χ2v) is 11.1. The number of halogens is 1.